The standard InChI is InChI=1S/C24H27N7O/c1-15-21-19(11-20(17-7-8-17)28-22(21)31(29-15)24(2,3)4)23(32)27-18-9-5-16(6-10-18)12-30-14-25-13-26-30/h5-6,9-11,13-14,17H,7-8,12H2,1-4H3,(H,27,32). The van der Waals surface area contributed by atoms with E-state index in [1.807, 2.05) is 41.9 Å². The number of amides is 1. The molecular weight excluding hydrogens is 402 g/mol. The highest BCUT2D eigenvalue weighted by Crippen LogP contribution is 2.41. The highest BCUT2D eigenvalue weighted by molar-refractivity contribution is 6.12. The first-order chi connectivity index (χ1) is 15.3. The number of carbonyl (C=O) groups excluding carboxylic acids is 1. The molecule has 0 unspecified atom stereocenters. The quantitative estimate of drug-likeness (QED) is 0.512. The lowest BCUT2D eigenvalue weighted by molar-refractivity contribution is 0.102. The molecule has 0 saturated heterocycles. The largest absolute Gasteiger partial charge is 0.322 e. The van der Waals surface area contributed by atoms with Gasteiger partial charge in [0.05, 0.1) is 28.7 Å². The second kappa shape index (κ2) is 7.55. The minimum Gasteiger partial charge on any atom is -0.322 e. The average Bonchev–Trinajstić information content (AvgIpc) is 3.37. The van der Waals surface area contributed by atoms with Crippen LogP contribution < -0.4 is 5.32 Å². The summed E-state index contributed by atoms with van der Waals surface area (Å²) in [5.74, 6) is 0.297. The Morgan fingerprint density at radius 3 is 2.56 bits per heavy atom. The molecule has 4 aromatic rings. The molecular formula is C24H27N7O. The first-order valence-electron chi connectivity index (χ1n) is 10.9. The fourth-order valence-corrected chi connectivity index (χ4v) is 3.94. The predicted molar refractivity (Wildman–Crippen MR) is 123 cm³/mol. The maximum Gasteiger partial charge on any atom is 0.256 e. The van der Waals surface area contributed by atoms with E-state index in [9.17, 15) is 4.79 Å². The van der Waals surface area contributed by atoms with Crippen molar-refractivity contribution in [2.24, 2.45) is 0 Å². The first-order valence-corrected chi connectivity index (χ1v) is 10.9. The van der Waals surface area contributed by atoms with Gasteiger partial charge in [0.15, 0.2) is 5.65 Å². The van der Waals surface area contributed by atoms with E-state index in [1.54, 1.807) is 11.0 Å². The number of aromatic nitrogens is 6. The number of aryl methyl sites for hydroxylation is 1. The zero-order chi connectivity index (χ0) is 22.5. The molecule has 8 nitrogen and oxygen atoms in total. The van der Waals surface area contributed by atoms with Crippen LogP contribution in [0.25, 0.3) is 11.0 Å². The summed E-state index contributed by atoms with van der Waals surface area (Å²) >= 11 is 0. The van der Waals surface area contributed by atoms with E-state index in [-0.39, 0.29) is 11.4 Å². The topological polar surface area (TPSA) is 90.5 Å². The molecule has 1 N–H and O–H groups in total. The van der Waals surface area contributed by atoms with E-state index in [2.05, 4.69) is 36.2 Å². The normalized spacial score (nSPS) is 14.1. The summed E-state index contributed by atoms with van der Waals surface area (Å²) < 4.78 is 3.70. The third kappa shape index (κ3) is 3.88. The minimum absolute atomic E-state index is 0.139. The fourth-order valence-electron chi connectivity index (χ4n) is 3.94. The third-order valence-electron chi connectivity index (χ3n) is 5.73. The molecule has 5 rings (SSSR count). The van der Waals surface area contributed by atoms with Gasteiger partial charge in [0.1, 0.15) is 12.7 Å². The van der Waals surface area contributed by atoms with Crippen LogP contribution in [-0.2, 0) is 12.1 Å². The van der Waals surface area contributed by atoms with Crippen LogP contribution >= 0.6 is 0 Å². The van der Waals surface area contributed by atoms with Gasteiger partial charge in [-0.15, -0.1) is 0 Å². The molecule has 1 amide bonds. The first kappa shape index (κ1) is 20.4. The Balaban J connectivity index is 1.47. The van der Waals surface area contributed by atoms with Gasteiger partial charge in [-0.25, -0.2) is 19.3 Å². The molecule has 0 spiro atoms. The van der Waals surface area contributed by atoms with E-state index < -0.39 is 0 Å². The van der Waals surface area contributed by atoms with Crippen molar-refractivity contribution in [3.63, 3.8) is 0 Å². The lowest BCUT2D eigenvalue weighted by Gasteiger charge is -2.20. The van der Waals surface area contributed by atoms with Crippen molar-refractivity contribution in [3.05, 3.63) is 65.5 Å². The van der Waals surface area contributed by atoms with Crippen molar-refractivity contribution >= 4 is 22.6 Å². The number of fused-ring (bicyclic) bond motifs is 1. The number of hydrogen-bond acceptors (Lipinski definition) is 5. The number of benzene rings is 1. The number of rotatable bonds is 5. The highest BCUT2D eigenvalue weighted by Gasteiger charge is 2.30. The summed E-state index contributed by atoms with van der Waals surface area (Å²) in [6.07, 6.45) is 5.44. The molecule has 1 aliphatic rings. The predicted octanol–water partition coefficient (Wildman–Crippen LogP) is 4.26. The van der Waals surface area contributed by atoms with Crippen molar-refractivity contribution in [2.75, 3.05) is 5.32 Å². The highest BCUT2D eigenvalue weighted by atomic mass is 16.1. The number of nitrogens with one attached hydrogen (secondary N) is 1. The molecule has 8 heteroatoms. The van der Waals surface area contributed by atoms with Gasteiger partial charge in [-0.2, -0.15) is 10.2 Å². The lowest BCUT2D eigenvalue weighted by atomic mass is 10.1. The van der Waals surface area contributed by atoms with Crippen molar-refractivity contribution in [1.29, 1.82) is 0 Å². The summed E-state index contributed by atoms with van der Waals surface area (Å²) in [5, 5.41) is 12.8. The monoisotopic (exact) mass is 429 g/mol. The van der Waals surface area contributed by atoms with Crippen LogP contribution in [0.3, 0.4) is 0 Å². The van der Waals surface area contributed by atoms with Crippen LogP contribution in [0.4, 0.5) is 5.69 Å². The van der Waals surface area contributed by atoms with E-state index in [1.165, 1.54) is 6.33 Å². The summed E-state index contributed by atoms with van der Waals surface area (Å²) in [5.41, 5.74) is 4.82. The van der Waals surface area contributed by atoms with Crippen LogP contribution in [-0.4, -0.2) is 35.4 Å². The summed E-state index contributed by atoms with van der Waals surface area (Å²) in [7, 11) is 0. The van der Waals surface area contributed by atoms with Crippen LogP contribution in [0.1, 0.15) is 66.8 Å². The Kier molecular flexibility index (Phi) is 4.80. The maximum absolute atomic E-state index is 13.4. The van der Waals surface area contributed by atoms with Crippen molar-refractivity contribution < 1.29 is 4.79 Å². The van der Waals surface area contributed by atoms with Gasteiger partial charge in [0.25, 0.3) is 5.91 Å². The van der Waals surface area contributed by atoms with Crippen LogP contribution in [0.5, 0.6) is 0 Å². The second-order valence-corrected chi connectivity index (χ2v) is 9.48. The summed E-state index contributed by atoms with van der Waals surface area (Å²) in [4.78, 5) is 22.3. The van der Waals surface area contributed by atoms with Gasteiger partial charge in [-0.05, 0) is 64.3 Å². The number of anilines is 1. The molecule has 0 bridgehead atoms. The van der Waals surface area contributed by atoms with Crippen molar-refractivity contribution in [2.45, 2.75) is 58.5 Å². The number of hydrogen-bond donors (Lipinski definition) is 1. The fraction of sp³-hybridized carbons (Fsp3) is 0.375. The lowest BCUT2D eigenvalue weighted by Crippen LogP contribution is -2.23. The van der Waals surface area contributed by atoms with Gasteiger partial charge in [0.2, 0.25) is 0 Å². The van der Waals surface area contributed by atoms with Gasteiger partial charge < -0.3 is 5.32 Å². The van der Waals surface area contributed by atoms with Gasteiger partial charge >= 0.3 is 0 Å². The van der Waals surface area contributed by atoms with Crippen LogP contribution in [0.15, 0.2) is 43.0 Å². The zero-order valence-electron chi connectivity index (χ0n) is 18.8. The molecule has 0 aliphatic heterocycles. The number of nitrogens with zero attached hydrogens (tertiary/aromatic N) is 6. The molecule has 3 aromatic heterocycles. The minimum atomic E-state index is -0.227. The molecule has 1 aromatic carbocycles. The van der Waals surface area contributed by atoms with Gasteiger partial charge in [-0.1, -0.05) is 12.1 Å². The molecule has 0 radical (unpaired) electrons. The van der Waals surface area contributed by atoms with Crippen LogP contribution in [0.2, 0.25) is 0 Å². The Morgan fingerprint density at radius 2 is 1.94 bits per heavy atom. The average molecular weight is 430 g/mol. The Bertz CT molecular complexity index is 1280. The Labute approximate surface area is 186 Å². The Hall–Kier alpha value is -3.55. The molecule has 32 heavy (non-hydrogen) atoms. The van der Waals surface area contributed by atoms with E-state index in [0.717, 1.165) is 46.5 Å². The van der Waals surface area contributed by atoms with E-state index in [4.69, 9.17) is 10.1 Å². The number of carbonyl (C=O) groups is 1. The number of pyridine rings is 1. The smallest absolute Gasteiger partial charge is 0.256 e. The molecule has 1 saturated carbocycles. The van der Waals surface area contributed by atoms with E-state index in [0.29, 0.717) is 18.0 Å². The molecule has 1 aliphatic carbocycles. The third-order valence-corrected chi connectivity index (χ3v) is 5.73. The zero-order valence-corrected chi connectivity index (χ0v) is 18.8. The molecule has 164 valence electrons. The Morgan fingerprint density at radius 1 is 1.19 bits per heavy atom. The SMILES string of the molecule is Cc1nn(C(C)(C)C)c2nc(C3CC3)cc(C(=O)Nc3ccc(Cn4cncn4)cc3)c12. The van der Waals surface area contributed by atoms with Crippen molar-refractivity contribution in [1.82, 2.24) is 29.5 Å². The second-order valence-electron chi connectivity index (χ2n) is 9.48. The van der Waals surface area contributed by atoms with E-state index >= 15 is 0 Å². The molecule has 0 atom stereocenters. The molecule has 1 fully saturated rings. The summed E-state index contributed by atoms with van der Waals surface area (Å²) in [6.45, 7) is 8.88. The van der Waals surface area contributed by atoms with Crippen LogP contribution in [0, 0.1) is 6.92 Å². The van der Waals surface area contributed by atoms with Crippen molar-refractivity contribution in [3.8, 4) is 0 Å². The maximum atomic E-state index is 13.4. The van der Waals surface area contributed by atoms with Gasteiger partial charge in [0, 0.05) is 17.3 Å². The molecule has 3 heterocycles. The van der Waals surface area contributed by atoms with Gasteiger partial charge in [-0.3, -0.25) is 4.79 Å². The summed E-state index contributed by atoms with van der Waals surface area (Å²) in [6, 6.07) is 9.75.